The Morgan fingerprint density at radius 3 is 2.28 bits per heavy atom. The van der Waals surface area contributed by atoms with Gasteiger partial charge >= 0.3 is 0 Å². The van der Waals surface area contributed by atoms with E-state index < -0.39 is 15.9 Å². The van der Waals surface area contributed by atoms with E-state index in [4.69, 9.17) is 39.5 Å². The van der Waals surface area contributed by atoms with E-state index in [9.17, 15) is 13.2 Å². The Bertz CT molecular complexity index is 1250. The van der Waals surface area contributed by atoms with E-state index in [0.29, 0.717) is 37.6 Å². The first-order valence-corrected chi connectivity index (χ1v) is 11.8. The fourth-order valence-corrected chi connectivity index (χ4v) is 4.55. The highest BCUT2D eigenvalue weighted by molar-refractivity contribution is 7.89. The van der Waals surface area contributed by atoms with Crippen LogP contribution < -0.4 is 10.1 Å². The molecule has 168 valence electrons. The zero-order chi connectivity index (χ0) is 23.5. The standard InChI is InChI=1S/C22H19Cl3N2O4S/c1-27(32(29,30)18-7-4-16(23)5-8-18)13-15-11-14(3-10-21(15)31-2)22(28)26-20-12-17(24)6-9-19(20)25/h3-12H,13H2,1-2H3,(H,26,28). The van der Waals surface area contributed by atoms with Gasteiger partial charge in [-0.1, -0.05) is 34.8 Å². The number of ether oxygens (including phenoxy) is 1. The average molecular weight is 514 g/mol. The summed E-state index contributed by atoms with van der Waals surface area (Å²) in [4.78, 5) is 12.9. The van der Waals surface area contributed by atoms with Crippen LogP contribution in [-0.4, -0.2) is 32.8 Å². The maximum atomic E-state index is 12.9. The second-order valence-electron chi connectivity index (χ2n) is 6.82. The summed E-state index contributed by atoms with van der Waals surface area (Å²) >= 11 is 17.9. The minimum Gasteiger partial charge on any atom is -0.496 e. The van der Waals surface area contributed by atoms with Crippen molar-refractivity contribution in [1.29, 1.82) is 0 Å². The highest BCUT2D eigenvalue weighted by Crippen LogP contribution is 2.28. The lowest BCUT2D eigenvalue weighted by molar-refractivity contribution is 0.102. The van der Waals surface area contributed by atoms with Gasteiger partial charge in [0, 0.05) is 34.8 Å². The predicted molar refractivity (Wildman–Crippen MR) is 128 cm³/mol. The Balaban J connectivity index is 1.86. The first kappa shape index (κ1) is 24.4. The second-order valence-corrected chi connectivity index (χ2v) is 10.1. The molecule has 0 radical (unpaired) electrons. The molecule has 0 aliphatic carbocycles. The van der Waals surface area contributed by atoms with Crippen molar-refractivity contribution in [2.45, 2.75) is 11.4 Å². The third-order valence-corrected chi connectivity index (χ3v) is 7.27. The normalized spacial score (nSPS) is 11.4. The number of sulfonamides is 1. The highest BCUT2D eigenvalue weighted by atomic mass is 35.5. The molecule has 10 heteroatoms. The lowest BCUT2D eigenvalue weighted by Crippen LogP contribution is -2.27. The number of rotatable bonds is 7. The van der Waals surface area contributed by atoms with E-state index in [-0.39, 0.29) is 11.4 Å². The van der Waals surface area contributed by atoms with Gasteiger partial charge in [-0.3, -0.25) is 4.79 Å². The molecule has 3 rings (SSSR count). The van der Waals surface area contributed by atoms with E-state index in [1.165, 1.54) is 42.7 Å². The first-order chi connectivity index (χ1) is 15.1. The zero-order valence-corrected chi connectivity index (χ0v) is 20.2. The van der Waals surface area contributed by atoms with E-state index in [2.05, 4.69) is 5.32 Å². The van der Waals surface area contributed by atoms with Gasteiger partial charge in [-0.05, 0) is 60.7 Å². The fourth-order valence-electron chi connectivity index (χ4n) is 2.94. The number of hydrogen-bond acceptors (Lipinski definition) is 4. The van der Waals surface area contributed by atoms with E-state index >= 15 is 0 Å². The van der Waals surface area contributed by atoms with Crippen molar-refractivity contribution >= 4 is 56.4 Å². The summed E-state index contributed by atoms with van der Waals surface area (Å²) in [6.45, 7) is -0.0207. The van der Waals surface area contributed by atoms with Crippen LogP contribution in [-0.2, 0) is 16.6 Å². The summed E-state index contributed by atoms with van der Waals surface area (Å²) < 4.78 is 32.4. The molecule has 0 spiro atoms. The van der Waals surface area contributed by atoms with Crippen LogP contribution in [0.2, 0.25) is 15.1 Å². The summed E-state index contributed by atoms with van der Waals surface area (Å²) in [6.07, 6.45) is 0. The lowest BCUT2D eigenvalue weighted by Gasteiger charge is -2.19. The summed E-state index contributed by atoms with van der Waals surface area (Å²) in [5.74, 6) is 0.0155. The Morgan fingerprint density at radius 2 is 1.62 bits per heavy atom. The van der Waals surface area contributed by atoms with Crippen molar-refractivity contribution in [1.82, 2.24) is 4.31 Å². The number of anilines is 1. The third-order valence-electron chi connectivity index (χ3n) is 4.63. The minimum atomic E-state index is -3.78. The summed E-state index contributed by atoms with van der Waals surface area (Å²) in [6, 6.07) is 15.4. The van der Waals surface area contributed by atoms with Crippen LogP contribution in [0.1, 0.15) is 15.9 Å². The van der Waals surface area contributed by atoms with Gasteiger partial charge in [0.25, 0.3) is 5.91 Å². The van der Waals surface area contributed by atoms with Crippen LogP contribution in [0.3, 0.4) is 0 Å². The van der Waals surface area contributed by atoms with Gasteiger partial charge in [0.05, 0.1) is 22.7 Å². The van der Waals surface area contributed by atoms with Gasteiger partial charge in [-0.15, -0.1) is 0 Å². The second kappa shape index (κ2) is 10.1. The van der Waals surface area contributed by atoms with Crippen molar-refractivity contribution in [2.24, 2.45) is 0 Å². The Hall–Kier alpha value is -2.29. The van der Waals surface area contributed by atoms with E-state index in [1.807, 2.05) is 0 Å². The number of halogens is 3. The largest absolute Gasteiger partial charge is 0.496 e. The van der Waals surface area contributed by atoms with Gasteiger partial charge in [0.15, 0.2) is 0 Å². The van der Waals surface area contributed by atoms with Gasteiger partial charge in [-0.25, -0.2) is 8.42 Å². The molecule has 0 saturated heterocycles. The molecule has 3 aromatic carbocycles. The van der Waals surface area contributed by atoms with Crippen LogP contribution in [0, 0.1) is 0 Å². The molecular weight excluding hydrogens is 495 g/mol. The Kier molecular flexibility index (Phi) is 7.69. The molecule has 3 aromatic rings. The molecular formula is C22H19Cl3N2O4S. The quantitative estimate of drug-likeness (QED) is 0.438. The van der Waals surface area contributed by atoms with Crippen LogP contribution in [0.15, 0.2) is 65.6 Å². The smallest absolute Gasteiger partial charge is 0.255 e. The number of nitrogens with zero attached hydrogens (tertiary/aromatic N) is 1. The Labute approximate surface area is 201 Å². The highest BCUT2D eigenvalue weighted by Gasteiger charge is 2.23. The Morgan fingerprint density at radius 1 is 0.969 bits per heavy atom. The maximum Gasteiger partial charge on any atom is 0.255 e. The number of carbonyl (C=O) groups excluding carboxylic acids is 1. The van der Waals surface area contributed by atoms with Crippen LogP contribution in [0.25, 0.3) is 0 Å². The monoisotopic (exact) mass is 512 g/mol. The minimum absolute atomic E-state index is 0.0207. The lowest BCUT2D eigenvalue weighted by atomic mass is 10.1. The van der Waals surface area contributed by atoms with E-state index in [1.54, 1.807) is 36.4 Å². The molecule has 0 saturated carbocycles. The van der Waals surface area contributed by atoms with Gasteiger partial charge < -0.3 is 10.1 Å². The van der Waals surface area contributed by atoms with Crippen LogP contribution >= 0.6 is 34.8 Å². The molecule has 6 nitrogen and oxygen atoms in total. The number of benzene rings is 3. The van der Waals surface area contributed by atoms with Gasteiger partial charge in [0.2, 0.25) is 10.0 Å². The molecule has 1 N–H and O–H groups in total. The number of nitrogens with one attached hydrogen (secondary N) is 1. The number of methoxy groups -OCH3 is 1. The molecule has 0 atom stereocenters. The van der Waals surface area contributed by atoms with Gasteiger partial charge in [-0.2, -0.15) is 4.31 Å². The fraction of sp³-hybridized carbons (Fsp3) is 0.136. The molecule has 0 aliphatic rings. The van der Waals surface area contributed by atoms with Crippen molar-refractivity contribution in [3.05, 3.63) is 86.9 Å². The predicted octanol–water partition coefficient (Wildman–Crippen LogP) is 5.73. The van der Waals surface area contributed by atoms with Crippen LogP contribution in [0.4, 0.5) is 5.69 Å². The third kappa shape index (κ3) is 5.54. The molecule has 1 amide bonds. The summed E-state index contributed by atoms with van der Waals surface area (Å²) in [7, 11) is -0.868. The number of carbonyl (C=O) groups is 1. The zero-order valence-electron chi connectivity index (χ0n) is 17.1. The van der Waals surface area contributed by atoms with Crippen molar-refractivity contribution in [3.63, 3.8) is 0 Å². The van der Waals surface area contributed by atoms with Gasteiger partial charge in [0.1, 0.15) is 5.75 Å². The van der Waals surface area contributed by atoms with Crippen LogP contribution in [0.5, 0.6) is 5.75 Å². The molecule has 0 aliphatic heterocycles. The number of hydrogen-bond donors (Lipinski definition) is 1. The molecule has 0 aromatic heterocycles. The summed E-state index contributed by atoms with van der Waals surface area (Å²) in [5.41, 5.74) is 1.18. The molecule has 0 heterocycles. The summed E-state index contributed by atoms with van der Waals surface area (Å²) in [5, 5.41) is 3.91. The average Bonchev–Trinajstić information content (AvgIpc) is 2.76. The molecule has 0 fully saturated rings. The molecule has 32 heavy (non-hydrogen) atoms. The van der Waals surface area contributed by atoms with Crippen molar-refractivity contribution in [3.8, 4) is 5.75 Å². The van der Waals surface area contributed by atoms with Crippen molar-refractivity contribution in [2.75, 3.05) is 19.5 Å². The topological polar surface area (TPSA) is 75.7 Å². The van der Waals surface area contributed by atoms with E-state index in [0.717, 1.165) is 0 Å². The first-order valence-electron chi connectivity index (χ1n) is 9.27. The molecule has 0 unspecified atom stereocenters. The van der Waals surface area contributed by atoms with Crippen molar-refractivity contribution < 1.29 is 17.9 Å². The molecule has 0 bridgehead atoms. The number of amides is 1. The maximum absolute atomic E-state index is 12.9. The SMILES string of the molecule is COc1ccc(C(=O)Nc2cc(Cl)ccc2Cl)cc1CN(C)S(=O)(=O)c1ccc(Cl)cc1.